The van der Waals surface area contributed by atoms with Crippen LogP contribution in [0.5, 0.6) is 0 Å². The number of anilines is 1. The molecule has 5 heteroatoms. The van der Waals surface area contributed by atoms with Gasteiger partial charge in [-0.3, -0.25) is 4.57 Å². The molecule has 4 nitrogen and oxygen atoms in total. The fourth-order valence-electron chi connectivity index (χ4n) is 2.35. The van der Waals surface area contributed by atoms with E-state index in [1.165, 1.54) is 10.8 Å². The van der Waals surface area contributed by atoms with Gasteiger partial charge in [0.15, 0.2) is 0 Å². The Morgan fingerprint density at radius 3 is 2.81 bits per heavy atom. The molecule has 0 amide bonds. The molecule has 0 aliphatic heterocycles. The number of fused-ring (bicyclic) bond motifs is 1. The van der Waals surface area contributed by atoms with E-state index in [0.717, 1.165) is 22.7 Å². The Morgan fingerprint density at radius 1 is 1.19 bits per heavy atom. The lowest BCUT2D eigenvalue weighted by Crippen LogP contribution is -2.11. The van der Waals surface area contributed by atoms with Gasteiger partial charge in [-0.25, -0.2) is 4.98 Å². The molecule has 0 fully saturated rings. The van der Waals surface area contributed by atoms with Crippen molar-refractivity contribution in [3.05, 3.63) is 53.3 Å². The van der Waals surface area contributed by atoms with Crippen LogP contribution in [0, 0.1) is 0 Å². The Balaban J connectivity index is 2.05. The summed E-state index contributed by atoms with van der Waals surface area (Å²) in [5, 5.41) is 5.65. The highest BCUT2D eigenvalue weighted by Gasteiger charge is 2.09. The van der Waals surface area contributed by atoms with Gasteiger partial charge in [-0.05, 0) is 17.5 Å². The van der Waals surface area contributed by atoms with E-state index in [0.29, 0.717) is 6.61 Å². The van der Waals surface area contributed by atoms with Crippen LogP contribution in [0.25, 0.3) is 16.5 Å². The summed E-state index contributed by atoms with van der Waals surface area (Å²) >= 11 is 3.61. The van der Waals surface area contributed by atoms with Gasteiger partial charge < -0.3 is 10.1 Å². The number of hydrogen-bond donors (Lipinski definition) is 1. The summed E-state index contributed by atoms with van der Waals surface area (Å²) in [5.41, 5.74) is 1.10. The van der Waals surface area contributed by atoms with Crippen molar-refractivity contribution in [3.63, 3.8) is 0 Å². The predicted octanol–water partition coefficient (Wildman–Crippen LogP) is 3.85. The lowest BCUT2D eigenvalue weighted by atomic mass is 10.1. The van der Waals surface area contributed by atoms with Crippen LogP contribution in [0.3, 0.4) is 0 Å². The number of imidazole rings is 1. The number of benzene rings is 2. The van der Waals surface area contributed by atoms with Crippen LogP contribution in [0.15, 0.2) is 53.3 Å². The molecule has 0 aliphatic rings. The van der Waals surface area contributed by atoms with Gasteiger partial charge in [0.05, 0.1) is 12.3 Å². The minimum atomic E-state index is 0.647. The zero-order valence-electron chi connectivity index (χ0n) is 11.7. The standard InChI is InChI=1S/C16H16BrN3O/c1-21-11-9-19-16-18-8-10-20(16)15-7-6-14(17)12-4-2-3-5-13(12)15/h2-8,10H,9,11H2,1H3,(H,18,19). The van der Waals surface area contributed by atoms with E-state index in [-0.39, 0.29) is 0 Å². The quantitative estimate of drug-likeness (QED) is 0.714. The average Bonchev–Trinajstić information content (AvgIpc) is 2.97. The molecule has 0 aliphatic carbocycles. The predicted molar refractivity (Wildman–Crippen MR) is 89.1 cm³/mol. The van der Waals surface area contributed by atoms with E-state index >= 15 is 0 Å². The first-order chi connectivity index (χ1) is 10.3. The van der Waals surface area contributed by atoms with E-state index in [9.17, 15) is 0 Å². The molecule has 0 radical (unpaired) electrons. The topological polar surface area (TPSA) is 39.1 Å². The minimum absolute atomic E-state index is 0.647. The van der Waals surface area contributed by atoms with Crippen LogP contribution in [0.2, 0.25) is 0 Å². The molecule has 3 aromatic rings. The summed E-state index contributed by atoms with van der Waals surface area (Å²) < 4.78 is 8.22. The van der Waals surface area contributed by atoms with Crippen molar-refractivity contribution < 1.29 is 4.74 Å². The first-order valence-electron chi connectivity index (χ1n) is 6.75. The van der Waals surface area contributed by atoms with Gasteiger partial charge >= 0.3 is 0 Å². The average molecular weight is 346 g/mol. The third kappa shape index (κ3) is 2.80. The Morgan fingerprint density at radius 2 is 2.00 bits per heavy atom. The molecule has 3 rings (SSSR count). The fraction of sp³-hybridized carbons (Fsp3) is 0.188. The molecule has 2 aromatic carbocycles. The molecular weight excluding hydrogens is 330 g/mol. The number of hydrogen-bond acceptors (Lipinski definition) is 3. The van der Waals surface area contributed by atoms with Crippen molar-refractivity contribution in [2.75, 3.05) is 25.6 Å². The number of rotatable bonds is 5. The number of methoxy groups -OCH3 is 1. The molecule has 0 atom stereocenters. The fourth-order valence-corrected chi connectivity index (χ4v) is 2.83. The molecule has 0 saturated carbocycles. The first kappa shape index (κ1) is 14.1. The maximum atomic E-state index is 5.07. The van der Waals surface area contributed by atoms with Crippen molar-refractivity contribution in [3.8, 4) is 5.69 Å². The number of halogens is 1. The SMILES string of the molecule is COCCNc1nccn1-c1ccc(Br)c2ccccc12. The number of aromatic nitrogens is 2. The molecular formula is C16H16BrN3O. The van der Waals surface area contributed by atoms with Crippen molar-refractivity contribution >= 4 is 32.7 Å². The second-order valence-corrected chi connectivity index (χ2v) is 5.51. The maximum Gasteiger partial charge on any atom is 0.207 e. The Bertz CT molecular complexity index is 754. The van der Waals surface area contributed by atoms with Crippen LogP contribution >= 0.6 is 15.9 Å². The van der Waals surface area contributed by atoms with Gasteiger partial charge in [0.2, 0.25) is 5.95 Å². The van der Waals surface area contributed by atoms with Gasteiger partial charge in [-0.2, -0.15) is 0 Å². The summed E-state index contributed by atoms with van der Waals surface area (Å²) in [5.74, 6) is 0.819. The molecule has 0 unspecified atom stereocenters. The zero-order valence-corrected chi connectivity index (χ0v) is 13.3. The number of nitrogens with zero attached hydrogens (tertiary/aromatic N) is 2. The van der Waals surface area contributed by atoms with Crippen molar-refractivity contribution in [2.45, 2.75) is 0 Å². The molecule has 21 heavy (non-hydrogen) atoms. The van der Waals surface area contributed by atoms with E-state index < -0.39 is 0 Å². The highest BCUT2D eigenvalue weighted by molar-refractivity contribution is 9.10. The van der Waals surface area contributed by atoms with Crippen LogP contribution in [-0.2, 0) is 4.74 Å². The highest BCUT2D eigenvalue weighted by atomic mass is 79.9. The molecule has 0 saturated heterocycles. The second-order valence-electron chi connectivity index (χ2n) is 4.65. The highest BCUT2D eigenvalue weighted by Crippen LogP contribution is 2.30. The minimum Gasteiger partial charge on any atom is -0.383 e. The Hall–Kier alpha value is -1.85. The van der Waals surface area contributed by atoms with Crippen LogP contribution in [0.1, 0.15) is 0 Å². The van der Waals surface area contributed by atoms with Gasteiger partial charge in [-0.1, -0.05) is 40.2 Å². The molecule has 108 valence electrons. The smallest absolute Gasteiger partial charge is 0.207 e. The van der Waals surface area contributed by atoms with Crippen LogP contribution in [0.4, 0.5) is 5.95 Å². The molecule has 1 N–H and O–H groups in total. The normalized spacial score (nSPS) is 11.0. The molecule has 0 bridgehead atoms. The Kier molecular flexibility index (Phi) is 4.22. The number of nitrogens with one attached hydrogen (secondary N) is 1. The summed E-state index contributed by atoms with van der Waals surface area (Å²) in [7, 11) is 1.69. The van der Waals surface area contributed by atoms with E-state index in [2.05, 4.69) is 55.1 Å². The third-order valence-corrected chi connectivity index (χ3v) is 4.03. The monoisotopic (exact) mass is 345 g/mol. The summed E-state index contributed by atoms with van der Waals surface area (Å²) in [6.45, 7) is 1.37. The van der Waals surface area contributed by atoms with Gasteiger partial charge in [-0.15, -0.1) is 0 Å². The molecule has 1 aromatic heterocycles. The van der Waals surface area contributed by atoms with Crippen molar-refractivity contribution in [1.29, 1.82) is 0 Å². The van der Waals surface area contributed by atoms with E-state index in [1.54, 1.807) is 13.3 Å². The summed E-state index contributed by atoms with van der Waals surface area (Å²) in [4.78, 5) is 4.38. The molecule has 1 heterocycles. The first-order valence-corrected chi connectivity index (χ1v) is 7.54. The van der Waals surface area contributed by atoms with E-state index in [1.807, 2.05) is 18.3 Å². The Labute approximate surface area is 131 Å². The largest absolute Gasteiger partial charge is 0.383 e. The van der Waals surface area contributed by atoms with Crippen LogP contribution in [-0.4, -0.2) is 29.8 Å². The second kappa shape index (κ2) is 6.28. The van der Waals surface area contributed by atoms with Gasteiger partial charge in [0, 0.05) is 35.9 Å². The van der Waals surface area contributed by atoms with Crippen LogP contribution < -0.4 is 5.32 Å². The summed E-state index contributed by atoms with van der Waals surface area (Å²) in [6, 6.07) is 12.5. The van der Waals surface area contributed by atoms with Gasteiger partial charge in [0.25, 0.3) is 0 Å². The maximum absolute atomic E-state index is 5.07. The third-order valence-electron chi connectivity index (χ3n) is 3.34. The van der Waals surface area contributed by atoms with Crippen molar-refractivity contribution in [1.82, 2.24) is 9.55 Å². The zero-order chi connectivity index (χ0) is 14.7. The lowest BCUT2D eigenvalue weighted by Gasteiger charge is -2.13. The molecule has 0 spiro atoms. The van der Waals surface area contributed by atoms with Gasteiger partial charge in [0.1, 0.15) is 0 Å². The van der Waals surface area contributed by atoms with Crippen molar-refractivity contribution in [2.24, 2.45) is 0 Å². The number of ether oxygens (including phenoxy) is 1. The lowest BCUT2D eigenvalue weighted by molar-refractivity contribution is 0.210. The van der Waals surface area contributed by atoms with E-state index in [4.69, 9.17) is 4.74 Å². The summed E-state index contributed by atoms with van der Waals surface area (Å²) in [6.07, 6.45) is 3.76.